The van der Waals surface area contributed by atoms with Gasteiger partial charge in [-0.1, -0.05) is 6.08 Å². The zero-order valence-corrected chi connectivity index (χ0v) is 10.2. The molecule has 1 aromatic heterocycles. The third-order valence-corrected chi connectivity index (χ3v) is 3.95. The maximum atomic E-state index is 4.68. The summed E-state index contributed by atoms with van der Waals surface area (Å²) in [6, 6.07) is 0.658. The minimum Gasteiger partial charge on any atom is -0.313 e. The second-order valence-electron chi connectivity index (χ2n) is 5.12. The lowest BCUT2D eigenvalue weighted by molar-refractivity contribution is 0.260. The lowest BCUT2D eigenvalue weighted by Crippen LogP contribution is -2.46. The molecule has 3 nitrogen and oxygen atoms in total. The number of aromatic nitrogens is 2. The molecule has 1 fully saturated rings. The molecule has 0 bridgehead atoms. The summed E-state index contributed by atoms with van der Waals surface area (Å²) in [4.78, 5) is 9.09. The van der Waals surface area contributed by atoms with Crippen LogP contribution in [0.1, 0.15) is 29.9 Å². The van der Waals surface area contributed by atoms with Gasteiger partial charge in [0.25, 0.3) is 0 Å². The molecule has 3 heteroatoms. The highest BCUT2D eigenvalue weighted by Gasteiger charge is 2.31. The van der Waals surface area contributed by atoms with Crippen molar-refractivity contribution in [1.82, 2.24) is 15.3 Å². The molecule has 17 heavy (non-hydrogen) atoms. The van der Waals surface area contributed by atoms with E-state index in [2.05, 4.69) is 21.9 Å². The Balaban J connectivity index is 1.86. The second kappa shape index (κ2) is 4.57. The SMILES string of the molecule is C=CCc1ncc2c(n1)CC1CCCNC1C2. The predicted octanol–water partition coefficient (Wildman–Crippen LogP) is 1.67. The summed E-state index contributed by atoms with van der Waals surface area (Å²) in [5.74, 6) is 1.70. The molecule has 0 saturated carbocycles. The van der Waals surface area contributed by atoms with E-state index < -0.39 is 0 Å². The van der Waals surface area contributed by atoms with E-state index >= 15 is 0 Å². The van der Waals surface area contributed by atoms with Gasteiger partial charge in [-0.05, 0) is 43.7 Å². The first-order valence-electron chi connectivity index (χ1n) is 6.55. The van der Waals surface area contributed by atoms with Crippen LogP contribution < -0.4 is 5.32 Å². The molecular weight excluding hydrogens is 210 g/mol. The van der Waals surface area contributed by atoms with Crippen molar-refractivity contribution in [3.8, 4) is 0 Å². The van der Waals surface area contributed by atoms with Gasteiger partial charge in [-0.3, -0.25) is 0 Å². The van der Waals surface area contributed by atoms with Crippen molar-refractivity contribution in [2.75, 3.05) is 6.54 Å². The Morgan fingerprint density at radius 3 is 3.29 bits per heavy atom. The molecule has 1 aromatic rings. The Bertz CT molecular complexity index is 427. The smallest absolute Gasteiger partial charge is 0.132 e. The third kappa shape index (κ3) is 2.12. The summed E-state index contributed by atoms with van der Waals surface area (Å²) in [7, 11) is 0. The first-order chi connectivity index (χ1) is 8.36. The van der Waals surface area contributed by atoms with Gasteiger partial charge in [-0.2, -0.15) is 0 Å². The Labute approximate surface area is 102 Å². The van der Waals surface area contributed by atoms with Crippen molar-refractivity contribution in [3.05, 3.63) is 35.9 Å². The van der Waals surface area contributed by atoms with E-state index in [-0.39, 0.29) is 0 Å². The number of hydrogen-bond donors (Lipinski definition) is 1. The Kier molecular flexibility index (Phi) is 2.93. The largest absolute Gasteiger partial charge is 0.313 e. The molecule has 1 aliphatic heterocycles. The normalized spacial score (nSPS) is 27.1. The fourth-order valence-electron chi connectivity index (χ4n) is 3.05. The van der Waals surface area contributed by atoms with Crippen LogP contribution in [0.25, 0.3) is 0 Å². The van der Waals surface area contributed by atoms with Crippen LogP contribution in [0.2, 0.25) is 0 Å². The van der Waals surface area contributed by atoms with Crippen molar-refractivity contribution in [1.29, 1.82) is 0 Å². The molecule has 90 valence electrons. The summed E-state index contributed by atoms with van der Waals surface area (Å²) in [5, 5.41) is 3.63. The van der Waals surface area contributed by atoms with E-state index in [1.54, 1.807) is 0 Å². The van der Waals surface area contributed by atoms with Crippen LogP contribution >= 0.6 is 0 Å². The number of piperidine rings is 1. The van der Waals surface area contributed by atoms with Crippen molar-refractivity contribution in [2.45, 2.75) is 38.1 Å². The topological polar surface area (TPSA) is 37.8 Å². The maximum Gasteiger partial charge on any atom is 0.132 e. The summed E-state index contributed by atoms with van der Waals surface area (Å²) < 4.78 is 0. The molecule has 0 spiro atoms. The summed E-state index contributed by atoms with van der Waals surface area (Å²) in [6.07, 6.45) is 9.55. The molecule has 0 amide bonds. The van der Waals surface area contributed by atoms with E-state index in [1.165, 1.54) is 30.6 Å². The average Bonchev–Trinajstić information content (AvgIpc) is 2.36. The number of allylic oxidation sites excluding steroid dienone is 1. The van der Waals surface area contributed by atoms with Crippen LogP contribution in [0.4, 0.5) is 0 Å². The Morgan fingerprint density at radius 2 is 2.41 bits per heavy atom. The zero-order valence-electron chi connectivity index (χ0n) is 10.2. The van der Waals surface area contributed by atoms with E-state index in [4.69, 9.17) is 0 Å². The van der Waals surface area contributed by atoms with Gasteiger partial charge in [0.05, 0.1) is 0 Å². The molecule has 3 rings (SSSR count). The number of rotatable bonds is 2. The van der Waals surface area contributed by atoms with Crippen LogP contribution in [-0.2, 0) is 19.3 Å². The van der Waals surface area contributed by atoms with Crippen molar-refractivity contribution in [2.24, 2.45) is 5.92 Å². The molecule has 1 aliphatic carbocycles. The molecule has 2 unspecified atom stereocenters. The quantitative estimate of drug-likeness (QED) is 0.784. The van der Waals surface area contributed by atoms with Gasteiger partial charge in [0.15, 0.2) is 0 Å². The molecule has 2 heterocycles. The first-order valence-corrected chi connectivity index (χ1v) is 6.55. The lowest BCUT2D eigenvalue weighted by atomic mass is 9.78. The highest BCUT2D eigenvalue weighted by Crippen LogP contribution is 2.29. The van der Waals surface area contributed by atoms with Gasteiger partial charge in [0.1, 0.15) is 5.82 Å². The second-order valence-corrected chi connectivity index (χ2v) is 5.12. The summed E-state index contributed by atoms with van der Waals surface area (Å²) in [6.45, 7) is 4.92. The molecule has 0 radical (unpaired) electrons. The number of hydrogen-bond acceptors (Lipinski definition) is 3. The van der Waals surface area contributed by atoms with E-state index in [1.807, 2.05) is 12.3 Å². The zero-order chi connectivity index (χ0) is 11.7. The van der Waals surface area contributed by atoms with E-state index in [9.17, 15) is 0 Å². The molecule has 2 aliphatic rings. The number of fused-ring (bicyclic) bond motifs is 2. The van der Waals surface area contributed by atoms with Gasteiger partial charge < -0.3 is 5.32 Å². The fourth-order valence-corrected chi connectivity index (χ4v) is 3.05. The van der Waals surface area contributed by atoms with Gasteiger partial charge in [0, 0.05) is 24.4 Å². The number of nitrogens with one attached hydrogen (secondary N) is 1. The Morgan fingerprint density at radius 1 is 1.47 bits per heavy atom. The van der Waals surface area contributed by atoms with Crippen LogP contribution in [0.3, 0.4) is 0 Å². The number of nitrogens with zero attached hydrogens (tertiary/aromatic N) is 2. The maximum absolute atomic E-state index is 4.68. The summed E-state index contributed by atoms with van der Waals surface area (Å²) in [5.41, 5.74) is 2.62. The minimum atomic E-state index is 0.658. The van der Waals surface area contributed by atoms with Gasteiger partial charge in [-0.25, -0.2) is 9.97 Å². The molecule has 1 saturated heterocycles. The molecule has 0 aromatic carbocycles. The highest BCUT2D eigenvalue weighted by atomic mass is 14.9. The standard InChI is InChI=1S/C14H19N3/c1-2-4-14-16-9-11-8-12-10(5-3-6-15-12)7-13(11)17-14/h2,9-10,12,15H,1,3-8H2. The third-order valence-electron chi connectivity index (χ3n) is 3.95. The minimum absolute atomic E-state index is 0.658. The van der Waals surface area contributed by atoms with Gasteiger partial charge >= 0.3 is 0 Å². The van der Waals surface area contributed by atoms with E-state index in [0.717, 1.165) is 31.0 Å². The first kappa shape index (κ1) is 10.9. The predicted molar refractivity (Wildman–Crippen MR) is 67.9 cm³/mol. The molecular formula is C14H19N3. The average molecular weight is 229 g/mol. The van der Waals surface area contributed by atoms with Crippen LogP contribution in [0.5, 0.6) is 0 Å². The van der Waals surface area contributed by atoms with E-state index in [0.29, 0.717) is 6.04 Å². The van der Waals surface area contributed by atoms with Crippen LogP contribution in [-0.4, -0.2) is 22.6 Å². The van der Waals surface area contributed by atoms with Gasteiger partial charge in [0.2, 0.25) is 0 Å². The monoisotopic (exact) mass is 229 g/mol. The molecule has 2 atom stereocenters. The van der Waals surface area contributed by atoms with Gasteiger partial charge in [-0.15, -0.1) is 6.58 Å². The van der Waals surface area contributed by atoms with Crippen LogP contribution in [0.15, 0.2) is 18.9 Å². The fraction of sp³-hybridized carbons (Fsp3) is 0.571. The lowest BCUT2D eigenvalue weighted by Gasteiger charge is -2.36. The Hall–Kier alpha value is -1.22. The van der Waals surface area contributed by atoms with Crippen molar-refractivity contribution in [3.63, 3.8) is 0 Å². The van der Waals surface area contributed by atoms with Crippen LogP contribution in [0, 0.1) is 5.92 Å². The molecule has 1 N–H and O–H groups in total. The van der Waals surface area contributed by atoms with Crippen molar-refractivity contribution >= 4 is 0 Å². The highest BCUT2D eigenvalue weighted by molar-refractivity contribution is 5.24. The van der Waals surface area contributed by atoms with Crippen molar-refractivity contribution < 1.29 is 0 Å². The summed E-state index contributed by atoms with van der Waals surface area (Å²) >= 11 is 0.